The molecule has 2 aromatic rings. The lowest BCUT2D eigenvalue weighted by atomic mass is 9.70. The zero-order valence-corrected chi connectivity index (χ0v) is 20.9. The van der Waals surface area contributed by atoms with E-state index in [-0.39, 0.29) is 36.2 Å². The van der Waals surface area contributed by atoms with E-state index >= 15 is 0 Å². The van der Waals surface area contributed by atoms with E-state index in [4.69, 9.17) is 14.2 Å². The number of halogens is 1. The number of amides is 2. The molecule has 5 heterocycles. The highest BCUT2D eigenvalue weighted by Crippen LogP contribution is 2.46. The predicted octanol–water partition coefficient (Wildman–Crippen LogP) is 3.16. The summed E-state index contributed by atoms with van der Waals surface area (Å²) >= 11 is 3.50. The third kappa shape index (κ3) is 4.39. The summed E-state index contributed by atoms with van der Waals surface area (Å²) in [6.07, 6.45) is 4.72. The summed E-state index contributed by atoms with van der Waals surface area (Å²) in [5.74, 6) is 1.61. The Kier molecular flexibility index (Phi) is 5.69. The van der Waals surface area contributed by atoms with E-state index in [9.17, 15) is 9.59 Å². The Bertz CT molecular complexity index is 1160. The van der Waals surface area contributed by atoms with Crippen molar-refractivity contribution in [1.29, 1.82) is 0 Å². The molecule has 1 saturated carbocycles. The number of carbonyl (C=O) groups excluding carboxylic acids is 2. The molecular weight excluding hydrogens is 516 g/mol. The number of hydrogen-bond donors (Lipinski definition) is 2. The van der Waals surface area contributed by atoms with Crippen LogP contribution in [-0.4, -0.2) is 54.3 Å². The maximum absolute atomic E-state index is 12.6. The Morgan fingerprint density at radius 2 is 1.86 bits per heavy atom. The van der Waals surface area contributed by atoms with Crippen molar-refractivity contribution in [3.63, 3.8) is 0 Å². The Morgan fingerprint density at radius 1 is 1.06 bits per heavy atom. The smallest absolute Gasteiger partial charge is 0.265 e. The molecule has 9 nitrogen and oxygen atoms in total. The van der Waals surface area contributed by atoms with Crippen molar-refractivity contribution in [3.05, 3.63) is 40.5 Å². The molecule has 10 heteroatoms. The van der Waals surface area contributed by atoms with Crippen molar-refractivity contribution < 1.29 is 23.8 Å². The van der Waals surface area contributed by atoms with Gasteiger partial charge in [-0.2, -0.15) is 0 Å². The third-order valence-corrected chi connectivity index (χ3v) is 8.10. The summed E-state index contributed by atoms with van der Waals surface area (Å²) < 4.78 is 18.4. The van der Waals surface area contributed by atoms with Gasteiger partial charge in [-0.25, -0.2) is 4.98 Å². The van der Waals surface area contributed by atoms with Crippen LogP contribution in [0.1, 0.15) is 37.8 Å². The summed E-state index contributed by atoms with van der Waals surface area (Å²) in [4.78, 5) is 30.6. The van der Waals surface area contributed by atoms with E-state index in [2.05, 4.69) is 31.5 Å². The van der Waals surface area contributed by atoms with Gasteiger partial charge in [-0.1, -0.05) is 15.9 Å². The Labute approximate surface area is 211 Å². The topological polar surface area (TPSA) is 102 Å². The second-order valence-electron chi connectivity index (χ2n) is 9.79. The van der Waals surface area contributed by atoms with Crippen molar-refractivity contribution >= 4 is 39.2 Å². The number of rotatable bonds is 6. The maximum atomic E-state index is 12.6. The average molecular weight is 543 g/mol. The van der Waals surface area contributed by atoms with Crippen LogP contribution in [0.2, 0.25) is 0 Å². The number of benzene rings is 1. The second-order valence-corrected chi connectivity index (χ2v) is 10.7. The molecule has 2 bridgehead atoms. The fourth-order valence-corrected chi connectivity index (χ4v) is 5.78. The van der Waals surface area contributed by atoms with E-state index in [0.29, 0.717) is 31.3 Å². The molecule has 1 aromatic carbocycles. The Balaban J connectivity index is 1.07. The first-order chi connectivity index (χ1) is 16.9. The van der Waals surface area contributed by atoms with Crippen LogP contribution >= 0.6 is 15.9 Å². The SMILES string of the molecule is O=C1COc2ccc(CNC34CCC(CCN5C(=O)COc6ccc(Br)cc65)(CC3)OC4)nc2N1. The first-order valence-corrected chi connectivity index (χ1v) is 12.8. The van der Waals surface area contributed by atoms with Gasteiger partial charge in [0.25, 0.3) is 11.8 Å². The van der Waals surface area contributed by atoms with Crippen LogP contribution in [0.3, 0.4) is 0 Å². The van der Waals surface area contributed by atoms with Crippen molar-refractivity contribution in [2.45, 2.75) is 49.8 Å². The van der Waals surface area contributed by atoms with Gasteiger partial charge in [-0.05, 0) is 62.4 Å². The first kappa shape index (κ1) is 22.8. The van der Waals surface area contributed by atoms with Crippen molar-refractivity contribution in [1.82, 2.24) is 10.3 Å². The van der Waals surface area contributed by atoms with Gasteiger partial charge < -0.3 is 29.7 Å². The molecule has 2 N–H and O–H groups in total. The van der Waals surface area contributed by atoms with Crippen LogP contribution in [0.5, 0.6) is 11.5 Å². The van der Waals surface area contributed by atoms with Crippen LogP contribution in [0.15, 0.2) is 34.8 Å². The predicted molar refractivity (Wildman–Crippen MR) is 132 cm³/mol. The van der Waals surface area contributed by atoms with Crippen molar-refractivity contribution in [3.8, 4) is 11.5 Å². The Hall–Kier alpha value is -2.69. The quantitative estimate of drug-likeness (QED) is 0.577. The molecule has 2 amide bonds. The van der Waals surface area contributed by atoms with Gasteiger partial charge in [0, 0.05) is 23.1 Å². The fraction of sp³-hybridized carbons (Fsp3) is 0.480. The van der Waals surface area contributed by atoms with Crippen molar-refractivity contribution in [2.24, 2.45) is 0 Å². The lowest BCUT2D eigenvalue weighted by molar-refractivity contribution is -0.164. The molecule has 1 aromatic heterocycles. The number of aromatic nitrogens is 1. The van der Waals surface area contributed by atoms with Crippen LogP contribution in [0, 0.1) is 0 Å². The molecule has 0 atom stereocenters. The minimum atomic E-state index is -0.195. The standard InChI is InChI=1S/C25H27BrN4O5/c26-16-1-3-19-18(11-16)30(22(32)14-34-19)10-9-25-7-5-24(6-8-25,15-35-25)27-12-17-2-4-20-23(28-17)29-21(31)13-33-20/h1-4,11,27H,5-10,12-15H2,(H,28,29,31). The average Bonchev–Trinajstić information content (AvgIpc) is 2.88. The molecule has 184 valence electrons. The van der Waals surface area contributed by atoms with Gasteiger partial charge in [0.1, 0.15) is 5.75 Å². The monoisotopic (exact) mass is 542 g/mol. The number of hydrogen-bond acceptors (Lipinski definition) is 7. The van der Waals surface area contributed by atoms with Crippen LogP contribution in [0.25, 0.3) is 0 Å². The number of fused-ring (bicyclic) bond motifs is 5. The molecule has 0 radical (unpaired) electrons. The first-order valence-electron chi connectivity index (χ1n) is 12.0. The largest absolute Gasteiger partial charge is 0.482 e. The van der Waals surface area contributed by atoms with E-state index < -0.39 is 0 Å². The minimum absolute atomic E-state index is 0.0197. The van der Waals surface area contributed by atoms with Gasteiger partial charge in [-0.15, -0.1) is 0 Å². The number of ether oxygens (including phenoxy) is 3. The third-order valence-electron chi connectivity index (χ3n) is 7.60. The van der Waals surface area contributed by atoms with E-state index in [1.165, 1.54) is 0 Å². The lowest BCUT2D eigenvalue weighted by Gasteiger charge is -2.54. The number of carbonyl (C=O) groups is 2. The number of nitrogens with zero attached hydrogens (tertiary/aromatic N) is 2. The van der Waals surface area contributed by atoms with Gasteiger partial charge >= 0.3 is 0 Å². The molecule has 0 unspecified atom stereocenters. The fourth-order valence-electron chi connectivity index (χ4n) is 5.43. The maximum Gasteiger partial charge on any atom is 0.265 e. The summed E-state index contributed by atoms with van der Waals surface area (Å²) in [5, 5.41) is 6.44. The molecule has 35 heavy (non-hydrogen) atoms. The van der Waals surface area contributed by atoms with Crippen LogP contribution in [0.4, 0.5) is 11.5 Å². The van der Waals surface area contributed by atoms with E-state index in [1.807, 2.05) is 35.2 Å². The summed E-state index contributed by atoms with van der Waals surface area (Å²) in [6.45, 7) is 1.93. The summed E-state index contributed by atoms with van der Waals surface area (Å²) in [6, 6.07) is 9.53. The highest BCUT2D eigenvalue weighted by atomic mass is 79.9. The summed E-state index contributed by atoms with van der Waals surface area (Å²) in [5.41, 5.74) is 1.39. The Morgan fingerprint density at radius 3 is 2.66 bits per heavy atom. The van der Waals surface area contributed by atoms with Gasteiger partial charge in [0.15, 0.2) is 24.8 Å². The van der Waals surface area contributed by atoms with Gasteiger partial charge in [0.05, 0.1) is 23.6 Å². The number of nitrogens with one attached hydrogen (secondary N) is 2. The molecule has 0 spiro atoms. The molecular formula is C25H27BrN4O5. The van der Waals surface area contributed by atoms with Gasteiger partial charge in [0.2, 0.25) is 0 Å². The molecule has 3 fully saturated rings. The zero-order chi connectivity index (χ0) is 24.0. The second kappa shape index (κ2) is 8.76. The van der Waals surface area contributed by atoms with Crippen LogP contribution in [-0.2, 0) is 20.9 Å². The minimum Gasteiger partial charge on any atom is -0.482 e. The van der Waals surface area contributed by atoms with Crippen LogP contribution < -0.4 is 25.0 Å². The number of anilines is 2. The van der Waals surface area contributed by atoms with Gasteiger partial charge in [-0.3, -0.25) is 9.59 Å². The lowest BCUT2D eigenvalue weighted by Crippen LogP contribution is -2.62. The highest BCUT2D eigenvalue weighted by molar-refractivity contribution is 9.10. The summed E-state index contributed by atoms with van der Waals surface area (Å²) in [7, 11) is 0. The molecule has 1 aliphatic carbocycles. The molecule has 2 saturated heterocycles. The molecule has 7 rings (SSSR count). The molecule has 4 aliphatic heterocycles. The highest BCUT2D eigenvalue weighted by Gasteiger charge is 2.49. The van der Waals surface area contributed by atoms with E-state index in [0.717, 1.165) is 53.7 Å². The molecule has 5 aliphatic rings. The zero-order valence-electron chi connectivity index (χ0n) is 19.3. The normalized spacial score (nSPS) is 26.9. The van der Waals surface area contributed by atoms with Crippen molar-refractivity contribution in [2.75, 3.05) is 36.6 Å². The number of pyridine rings is 1. The van der Waals surface area contributed by atoms with E-state index in [1.54, 1.807) is 0 Å².